The van der Waals surface area contributed by atoms with Crippen LogP contribution in [-0.4, -0.2) is 27.7 Å². The molecule has 2 aromatic carbocycles. The summed E-state index contributed by atoms with van der Waals surface area (Å²) in [5.41, 5.74) is 2.42. The highest BCUT2D eigenvalue weighted by molar-refractivity contribution is 5.71. The number of carbonyl (C=O) groups is 1. The minimum Gasteiger partial charge on any atom is -0.482 e. The molecule has 1 aromatic heterocycles. The van der Waals surface area contributed by atoms with E-state index >= 15 is 0 Å². The molecule has 0 aliphatic rings. The van der Waals surface area contributed by atoms with Crippen molar-refractivity contribution >= 4 is 11.7 Å². The maximum absolute atomic E-state index is 12.1. The summed E-state index contributed by atoms with van der Waals surface area (Å²) >= 11 is 0. The largest absolute Gasteiger partial charge is 0.482 e. The van der Waals surface area contributed by atoms with Gasteiger partial charge in [0.15, 0.2) is 12.7 Å². The molecule has 9 heteroatoms. The maximum Gasteiger partial charge on any atom is 0.344 e. The summed E-state index contributed by atoms with van der Waals surface area (Å²) in [4.78, 5) is 22.3. The van der Waals surface area contributed by atoms with Gasteiger partial charge in [-0.2, -0.15) is 0 Å². The monoisotopic (exact) mass is 397 g/mol. The van der Waals surface area contributed by atoms with Gasteiger partial charge in [-0.05, 0) is 50.1 Å². The van der Waals surface area contributed by atoms with Crippen LogP contribution in [0.5, 0.6) is 5.75 Å². The standard InChI is InChI=1S/C20H19N3O6/c1-12-4-5-13(2)17(10-12)27-11-18(24)28-14(3)19-21-22-20(29-19)15-6-8-16(9-7-15)23(25)26/h4-10,14H,11H2,1-3H3/t14-/m1/s1. The van der Waals surface area contributed by atoms with Crippen molar-refractivity contribution in [2.24, 2.45) is 0 Å². The summed E-state index contributed by atoms with van der Waals surface area (Å²) < 4.78 is 16.3. The molecule has 0 aliphatic carbocycles. The van der Waals surface area contributed by atoms with Gasteiger partial charge in [-0.25, -0.2) is 4.79 Å². The van der Waals surface area contributed by atoms with Crippen LogP contribution in [0.3, 0.4) is 0 Å². The average Bonchev–Trinajstić information content (AvgIpc) is 3.19. The number of carbonyl (C=O) groups excluding carboxylic acids is 1. The molecule has 0 bridgehead atoms. The van der Waals surface area contributed by atoms with E-state index in [1.165, 1.54) is 24.3 Å². The van der Waals surface area contributed by atoms with Crippen LogP contribution in [0.4, 0.5) is 5.69 Å². The van der Waals surface area contributed by atoms with Crippen molar-refractivity contribution in [1.82, 2.24) is 10.2 Å². The molecular weight excluding hydrogens is 378 g/mol. The smallest absolute Gasteiger partial charge is 0.344 e. The molecule has 150 valence electrons. The number of rotatable bonds is 7. The summed E-state index contributed by atoms with van der Waals surface area (Å²) in [5, 5.41) is 18.5. The molecule has 29 heavy (non-hydrogen) atoms. The molecule has 1 atom stereocenters. The topological polar surface area (TPSA) is 118 Å². The predicted octanol–water partition coefficient (Wildman–Crippen LogP) is 3.94. The number of aryl methyl sites for hydroxylation is 2. The van der Waals surface area contributed by atoms with Gasteiger partial charge in [0.25, 0.3) is 11.6 Å². The molecule has 1 heterocycles. The first-order chi connectivity index (χ1) is 13.8. The molecule has 3 aromatic rings. The third kappa shape index (κ3) is 4.95. The number of aromatic nitrogens is 2. The number of ether oxygens (including phenoxy) is 2. The van der Waals surface area contributed by atoms with E-state index < -0.39 is 17.0 Å². The Morgan fingerprint density at radius 3 is 2.59 bits per heavy atom. The lowest BCUT2D eigenvalue weighted by molar-refractivity contribution is -0.384. The van der Waals surface area contributed by atoms with Gasteiger partial charge >= 0.3 is 5.97 Å². The third-order valence-corrected chi connectivity index (χ3v) is 4.11. The van der Waals surface area contributed by atoms with Gasteiger partial charge in [0.05, 0.1) is 4.92 Å². The Bertz CT molecular complexity index is 1030. The quantitative estimate of drug-likeness (QED) is 0.334. The van der Waals surface area contributed by atoms with E-state index in [1.807, 2.05) is 32.0 Å². The molecule has 0 aliphatic heterocycles. The first-order valence-electron chi connectivity index (χ1n) is 8.81. The zero-order chi connectivity index (χ0) is 21.0. The number of hydrogen-bond donors (Lipinski definition) is 0. The molecular formula is C20H19N3O6. The Balaban J connectivity index is 1.59. The molecule has 0 saturated carbocycles. The van der Waals surface area contributed by atoms with Gasteiger partial charge in [0.1, 0.15) is 5.75 Å². The van der Waals surface area contributed by atoms with Gasteiger partial charge in [-0.15, -0.1) is 10.2 Å². The fourth-order valence-electron chi connectivity index (χ4n) is 2.52. The molecule has 0 saturated heterocycles. The minimum atomic E-state index is -0.774. The second kappa shape index (κ2) is 8.51. The number of hydrogen-bond acceptors (Lipinski definition) is 8. The summed E-state index contributed by atoms with van der Waals surface area (Å²) in [7, 11) is 0. The molecule has 3 rings (SSSR count). The van der Waals surface area contributed by atoms with Gasteiger partial charge in [-0.3, -0.25) is 10.1 Å². The van der Waals surface area contributed by atoms with Crippen molar-refractivity contribution < 1.29 is 23.6 Å². The van der Waals surface area contributed by atoms with E-state index in [1.54, 1.807) is 6.92 Å². The first kappa shape index (κ1) is 20.0. The normalized spacial score (nSPS) is 11.7. The molecule has 0 fully saturated rings. The number of non-ortho nitro benzene ring substituents is 1. The fourth-order valence-corrected chi connectivity index (χ4v) is 2.52. The van der Waals surface area contributed by atoms with E-state index in [-0.39, 0.29) is 24.1 Å². The van der Waals surface area contributed by atoms with Crippen LogP contribution in [0.15, 0.2) is 46.9 Å². The molecule has 0 spiro atoms. The van der Waals surface area contributed by atoms with E-state index in [0.29, 0.717) is 11.3 Å². The van der Waals surface area contributed by atoms with E-state index in [2.05, 4.69) is 10.2 Å². The fraction of sp³-hybridized carbons (Fsp3) is 0.250. The van der Waals surface area contributed by atoms with Crippen LogP contribution < -0.4 is 4.74 Å². The van der Waals surface area contributed by atoms with Crippen LogP contribution in [0, 0.1) is 24.0 Å². The first-order valence-corrected chi connectivity index (χ1v) is 8.81. The summed E-state index contributed by atoms with van der Waals surface area (Å²) in [6.07, 6.45) is -0.774. The number of esters is 1. The van der Waals surface area contributed by atoms with Gasteiger partial charge in [0, 0.05) is 17.7 Å². The lowest BCUT2D eigenvalue weighted by Crippen LogP contribution is -2.17. The predicted molar refractivity (Wildman–Crippen MR) is 102 cm³/mol. The van der Waals surface area contributed by atoms with Crippen LogP contribution in [0.1, 0.15) is 30.0 Å². The number of nitro groups is 1. The van der Waals surface area contributed by atoms with E-state index in [0.717, 1.165) is 11.1 Å². The van der Waals surface area contributed by atoms with Gasteiger partial charge < -0.3 is 13.9 Å². The Labute approximate surface area is 166 Å². The van der Waals surface area contributed by atoms with Gasteiger partial charge in [0.2, 0.25) is 5.89 Å². The van der Waals surface area contributed by atoms with Crippen molar-refractivity contribution in [1.29, 1.82) is 0 Å². The minimum absolute atomic E-state index is 0.0420. The molecule has 0 amide bonds. The number of benzene rings is 2. The second-order valence-electron chi connectivity index (χ2n) is 6.44. The second-order valence-corrected chi connectivity index (χ2v) is 6.44. The highest BCUT2D eigenvalue weighted by atomic mass is 16.6. The summed E-state index contributed by atoms with van der Waals surface area (Å²) in [6, 6.07) is 11.4. The van der Waals surface area contributed by atoms with Crippen LogP contribution in [-0.2, 0) is 9.53 Å². The molecule has 0 radical (unpaired) electrons. The van der Waals surface area contributed by atoms with Crippen molar-refractivity contribution in [3.05, 3.63) is 69.6 Å². The van der Waals surface area contributed by atoms with Crippen molar-refractivity contribution in [2.75, 3.05) is 6.61 Å². The zero-order valence-electron chi connectivity index (χ0n) is 16.1. The Morgan fingerprint density at radius 1 is 1.17 bits per heavy atom. The lowest BCUT2D eigenvalue weighted by Gasteiger charge is -2.12. The van der Waals surface area contributed by atoms with Crippen LogP contribution >= 0.6 is 0 Å². The van der Waals surface area contributed by atoms with Crippen LogP contribution in [0.2, 0.25) is 0 Å². The van der Waals surface area contributed by atoms with Gasteiger partial charge in [-0.1, -0.05) is 12.1 Å². The molecule has 9 nitrogen and oxygen atoms in total. The third-order valence-electron chi connectivity index (χ3n) is 4.11. The zero-order valence-corrected chi connectivity index (χ0v) is 16.1. The number of nitro benzene ring substituents is 1. The number of nitrogens with zero attached hydrogens (tertiary/aromatic N) is 3. The average molecular weight is 397 g/mol. The van der Waals surface area contributed by atoms with Crippen LogP contribution in [0.25, 0.3) is 11.5 Å². The SMILES string of the molecule is Cc1ccc(C)c(OCC(=O)O[C@H](C)c2nnc(-c3ccc([N+](=O)[O-])cc3)o2)c1. The van der Waals surface area contributed by atoms with Crippen molar-refractivity contribution in [3.63, 3.8) is 0 Å². The highest BCUT2D eigenvalue weighted by Crippen LogP contribution is 2.24. The van der Waals surface area contributed by atoms with E-state index in [4.69, 9.17) is 13.9 Å². The summed E-state index contributed by atoms with van der Waals surface area (Å²) in [5.74, 6) is 0.323. The summed E-state index contributed by atoms with van der Waals surface area (Å²) in [6.45, 7) is 5.17. The molecule has 0 unspecified atom stereocenters. The Kier molecular flexibility index (Phi) is 5.87. The maximum atomic E-state index is 12.1. The van der Waals surface area contributed by atoms with Crippen molar-refractivity contribution in [3.8, 4) is 17.2 Å². The lowest BCUT2D eigenvalue weighted by atomic mass is 10.1. The Hall–Kier alpha value is -3.75. The van der Waals surface area contributed by atoms with E-state index in [9.17, 15) is 14.9 Å². The molecule has 0 N–H and O–H groups in total. The highest BCUT2D eigenvalue weighted by Gasteiger charge is 2.20. The Morgan fingerprint density at radius 2 is 1.90 bits per heavy atom. The van der Waals surface area contributed by atoms with Crippen molar-refractivity contribution in [2.45, 2.75) is 26.9 Å².